The van der Waals surface area contributed by atoms with Crippen LogP contribution >= 0.6 is 0 Å². The van der Waals surface area contributed by atoms with Crippen molar-refractivity contribution >= 4 is 17.8 Å². The van der Waals surface area contributed by atoms with Gasteiger partial charge in [0.2, 0.25) is 5.91 Å². The molecule has 0 aliphatic heterocycles. The molecule has 1 N–H and O–H groups in total. The summed E-state index contributed by atoms with van der Waals surface area (Å²) in [5, 5.41) is 2.40. The normalized spacial score (nSPS) is 17.7. The summed E-state index contributed by atoms with van der Waals surface area (Å²) in [5.74, 6) is -1.17. The van der Waals surface area contributed by atoms with Gasteiger partial charge in [0.05, 0.1) is 12.5 Å². The third-order valence-electron chi connectivity index (χ3n) is 2.88. The Hall–Kier alpha value is -1.85. The summed E-state index contributed by atoms with van der Waals surface area (Å²) >= 11 is 0. The number of allylic oxidation sites excluding steroid dienone is 2. The van der Waals surface area contributed by atoms with Gasteiger partial charge in [-0.25, -0.2) is 0 Å². The summed E-state index contributed by atoms with van der Waals surface area (Å²) in [7, 11) is 3.20. The van der Waals surface area contributed by atoms with Crippen LogP contribution in [0.2, 0.25) is 0 Å². The van der Waals surface area contributed by atoms with E-state index in [4.69, 9.17) is 4.74 Å². The minimum atomic E-state index is -0.463. The third kappa shape index (κ3) is 5.54. The molecule has 0 saturated heterocycles. The highest BCUT2D eigenvalue weighted by Gasteiger charge is 2.21. The zero-order valence-electron chi connectivity index (χ0n) is 11.3. The molecule has 1 aliphatic carbocycles. The molecular weight excluding hydrogens is 248 g/mol. The van der Waals surface area contributed by atoms with Crippen LogP contribution in [0.15, 0.2) is 12.2 Å². The zero-order valence-corrected chi connectivity index (χ0v) is 11.3. The second-order valence-electron chi connectivity index (χ2n) is 4.65. The summed E-state index contributed by atoms with van der Waals surface area (Å²) in [6, 6.07) is 0. The highest BCUT2D eigenvalue weighted by atomic mass is 16.5. The number of carbonyl (C=O) groups excluding carboxylic acids is 3. The smallest absolute Gasteiger partial charge is 0.309 e. The van der Waals surface area contributed by atoms with Gasteiger partial charge in [-0.15, -0.1) is 0 Å². The van der Waals surface area contributed by atoms with Gasteiger partial charge in [0.25, 0.3) is 5.91 Å². The van der Waals surface area contributed by atoms with E-state index in [1.165, 1.54) is 4.90 Å². The van der Waals surface area contributed by atoms with Crippen molar-refractivity contribution in [1.82, 2.24) is 10.2 Å². The predicted octanol–water partition coefficient (Wildman–Crippen LogP) is 0.0903. The Kier molecular flexibility index (Phi) is 6.05. The van der Waals surface area contributed by atoms with Crippen LogP contribution in [0.4, 0.5) is 0 Å². The van der Waals surface area contributed by atoms with Crippen molar-refractivity contribution in [1.29, 1.82) is 0 Å². The molecule has 1 rings (SSSR count). The first-order chi connectivity index (χ1) is 9.00. The maximum Gasteiger partial charge on any atom is 0.309 e. The summed E-state index contributed by atoms with van der Waals surface area (Å²) in [5.41, 5.74) is 0. The van der Waals surface area contributed by atoms with Crippen molar-refractivity contribution in [3.63, 3.8) is 0 Å². The van der Waals surface area contributed by atoms with Crippen LogP contribution in [-0.4, -0.2) is 49.9 Å². The van der Waals surface area contributed by atoms with Crippen molar-refractivity contribution in [2.75, 3.05) is 27.2 Å². The average Bonchev–Trinajstić information content (AvgIpc) is 2.42. The fourth-order valence-corrected chi connectivity index (χ4v) is 1.65. The molecule has 0 saturated carbocycles. The summed E-state index contributed by atoms with van der Waals surface area (Å²) in [4.78, 5) is 35.6. The molecule has 0 radical (unpaired) electrons. The molecule has 19 heavy (non-hydrogen) atoms. The quantitative estimate of drug-likeness (QED) is 0.566. The lowest BCUT2D eigenvalue weighted by atomic mass is 9.95. The molecule has 0 bridgehead atoms. The van der Waals surface area contributed by atoms with E-state index >= 15 is 0 Å². The maximum absolute atomic E-state index is 11.6. The first-order valence-corrected chi connectivity index (χ1v) is 6.29. The zero-order chi connectivity index (χ0) is 14.3. The number of rotatable bonds is 5. The molecule has 0 unspecified atom stereocenters. The molecule has 0 spiro atoms. The number of nitrogens with one attached hydrogen (secondary N) is 1. The van der Waals surface area contributed by atoms with Crippen LogP contribution in [0.1, 0.15) is 19.3 Å². The highest BCUT2D eigenvalue weighted by molar-refractivity contribution is 5.86. The Morgan fingerprint density at radius 1 is 1.32 bits per heavy atom. The first kappa shape index (κ1) is 15.2. The van der Waals surface area contributed by atoms with E-state index in [0.717, 1.165) is 12.8 Å². The summed E-state index contributed by atoms with van der Waals surface area (Å²) in [6.07, 6.45) is 6.27. The average molecular weight is 268 g/mol. The van der Waals surface area contributed by atoms with Crippen LogP contribution in [-0.2, 0) is 19.1 Å². The van der Waals surface area contributed by atoms with Crippen LogP contribution in [0.25, 0.3) is 0 Å². The molecule has 6 heteroatoms. The Bertz CT molecular complexity index is 377. The van der Waals surface area contributed by atoms with E-state index in [0.29, 0.717) is 6.42 Å². The Balaban J connectivity index is 2.20. The van der Waals surface area contributed by atoms with Crippen molar-refractivity contribution in [2.45, 2.75) is 19.3 Å². The molecule has 2 amide bonds. The van der Waals surface area contributed by atoms with E-state index < -0.39 is 5.91 Å². The molecule has 1 atom stereocenters. The molecule has 6 nitrogen and oxygen atoms in total. The lowest BCUT2D eigenvalue weighted by Crippen LogP contribution is -2.38. The number of ether oxygens (including phenoxy) is 1. The topological polar surface area (TPSA) is 75.7 Å². The lowest BCUT2D eigenvalue weighted by molar-refractivity contribution is -0.152. The van der Waals surface area contributed by atoms with Gasteiger partial charge in [0.15, 0.2) is 6.61 Å². The molecule has 0 aromatic heterocycles. The third-order valence-corrected chi connectivity index (χ3v) is 2.88. The Morgan fingerprint density at radius 2 is 2.05 bits per heavy atom. The van der Waals surface area contributed by atoms with Gasteiger partial charge >= 0.3 is 5.97 Å². The van der Waals surface area contributed by atoms with E-state index in [-0.39, 0.29) is 30.9 Å². The van der Waals surface area contributed by atoms with E-state index in [9.17, 15) is 14.4 Å². The highest BCUT2D eigenvalue weighted by Crippen LogP contribution is 2.19. The van der Waals surface area contributed by atoms with Crippen molar-refractivity contribution in [3.05, 3.63) is 12.2 Å². The first-order valence-electron chi connectivity index (χ1n) is 6.29. The predicted molar refractivity (Wildman–Crippen MR) is 69.1 cm³/mol. The van der Waals surface area contributed by atoms with Crippen LogP contribution in [0.3, 0.4) is 0 Å². The summed E-state index contributed by atoms with van der Waals surface area (Å²) in [6.45, 7) is -0.421. The fraction of sp³-hybridized carbons (Fsp3) is 0.615. The second kappa shape index (κ2) is 7.56. The minimum absolute atomic E-state index is 0.0877. The molecule has 1 aliphatic rings. The van der Waals surface area contributed by atoms with Gasteiger partial charge in [-0.3, -0.25) is 14.4 Å². The molecule has 0 fully saturated rings. The van der Waals surface area contributed by atoms with E-state index in [1.54, 1.807) is 14.1 Å². The largest absolute Gasteiger partial charge is 0.455 e. The number of likely N-dealkylation sites (N-methyl/N-ethyl adjacent to an activating group) is 1. The van der Waals surface area contributed by atoms with Crippen LogP contribution < -0.4 is 5.32 Å². The second-order valence-corrected chi connectivity index (χ2v) is 4.65. The SMILES string of the molecule is CN(C)C(=O)CNC(=O)COC(=O)[C@@H]1CC=CCC1. The standard InChI is InChI=1S/C13H20N2O4/c1-15(2)12(17)8-14-11(16)9-19-13(18)10-6-4-3-5-7-10/h3-4,10H,5-9H2,1-2H3,(H,14,16)/t10-/m1/s1. The van der Waals surface area contributed by atoms with Gasteiger partial charge in [-0.05, 0) is 19.3 Å². The minimum Gasteiger partial charge on any atom is -0.455 e. The molecule has 106 valence electrons. The monoisotopic (exact) mass is 268 g/mol. The van der Waals surface area contributed by atoms with Gasteiger partial charge < -0.3 is 15.0 Å². The Labute approximate surface area is 112 Å². The number of carbonyl (C=O) groups is 3. The van der Waals surface area contributed by atoms with Crippen molar-refractivity contribution < 1.29 is 19.1 Å². The van der Waals surface area contributed by atoms with E-state index in [1.807, 2.05) is 12.2 Å². The number of amides is 2. The number of hydrogen-bond acceptors (Lipinski definition) is 4. The molecule has 0 aromatic carbocycles. The number of esters is 1. The molecule has 0 aromatic rings. The van der Waals surface area contributed by atoms with Gasteiger partial charge in [-0.2, -0.15) is 0 Å². The van der Waals surface area contributed by atoms with Crippen molar-refractivity contribution in [3.8, 4) is 0 Å². The molecule has 0 heterocycles. The number of nitrogens with zero attached hydrogens (tertiary/aromatic N) is 1. The fourth-order valence-electron chi connectivity index (χ4n) is 1.65. The van der Waals surface area contributed by atoms with Crippen molar-refractivity contribution in [2.24, 2.45) is 5.92 Å². The molecular formula is C13H20N2O4. The maximum atomic E-state index is 11.6. The number of hydrogen-bond donors (Lipinski definition) is 1. The van der Waals surface area contributed by atoms with Crippen LogP contribution in [0, 0.1) is 5.92 Å². The van der Waals surface area contributed by atoms with Crippen LogP contribution in [0.5, 0.6) is 0 Å². The van der Waals surface area contributed by atoms with Gasteiger partial charge in [-0.1, -0.05) is 12.2 Å². The van der Waals surface area contributed by atoms with Gasteiger partial charge in [0, 0.05) is 14.1 Å². The Morgan fingerprint density at radius 3 is 2.63 bits per heavy atom. The summed E-state index contributed by atoms with van der Waals surface area (Å²) < 4.78 is 4.93. The van der Waals surface area contributed by atoms with Gasteiger partial charge in [0.1, 0.15) is 0 Å². The lowest BCUT2D eigenvalue weighted by Gasteiger charge is -2.16. The van der Waals surface area contributed by atoms with E-state index in [2.05, 4.69) is 5.32 Å².